The van der Waals surface area contributed by atoms with Crippen LogP contribution in [0.1, 0.15) is 72.6 Å². The molecule has 1 aliphatic rings. The molecule has 0 N–H and O–H groups in total. The first kappa shape index (κ1) is 14.5. The second-order valence-corrected chi connectivity index (χ2v) is 5.86. The molecule has 0 spiro atoms. The van der Waals surface area contributed by atoms with Gasteiger partial charge in [0, 0.05) is 0 Å². The van der Waals surface area contributed by atoms with Gasteiger partial charge in [-0.3, -0.25) is 4.79 Å². The average Bonchev–Trinajstić information content (AvgIpc) is 2.54. The van der Waals surface area contributed by atoms with Crippen molar-refractivity contribution in [2.24, 2.45) is 11.8 Å². The van der Waals surface area contributed by atoms with Crippen molar-refractivity contribution in [3.63, 3.8) is 0 Å². The Morgan fingerprint density at radius 2 is 1.65 bits per heavy atom. The molecule has 1 saturated carbocycles. The van der Waals surface area contributed by atoms with Crippen molar-refractivity contribution in [1.29, 1.82) is 0 Å². The number of carbonyl (C=O) groups is 1. The lowest BCUT2D eigenvalue weighted by atomic mass is 9.83. The maximum atomic E-state index is 12.0. The molecule has 1 fully saturated rings. The summed E-state index contributed by atoms with van der Waals surface area (Å²) in [6, 6.07) is 0. The van der Waals surface area contributed by atoms with Crippen LogP contribution < -0.4 is 0 Å². The number of hydrogen-bond acceptors (Lipinski definition) is 2. The Balaban J connectivity index is 2.73. The lowest BCUT2D eigenvalue weighted by molar-refractivity contribution is -0.171. The van der Waals surface area contributed by atoms with Crippen LogP contribution in [0.25, 0.3) is 0 Å². The summed E-state index contributed by atoms with van der Waals surface area (Å²) in [4.78, 5) is 12.0. The van der Waals surface area contributed by atoms with Gasteiger partial charge >= 0.3 is 5.97 Å². The van der Waals surface area contributed by atoms with Gasteiger partial charge in [0.25, 0.3) is 0 Å². The Morgan fingerprint density at radius 1 is 1.12 bits per heavy atom. The second kappa shape index (κ2) is 6.42. The molecular weight excluding hydrogens is 212 g/mol. The molecule has 100 valence electrons. The Hall–Kier alpha value is -0.530. The van der Waals surface area contributed by atoms with E-state index in [1.807, 2.05) is 13.8 Å². The van der Waals surface area contributed by atoms with E-state index in [2.05, 4.69) is 13.8 Å². The van der Waals surface area contributed by atoms with Crippen LogP contribution in [0.3, 0.4) is 0 Å². The second-order valence-electron chi connectivity index (χ2n) is 5.86. The summed E-state index contributed by atoms with van der Waals surface area (Å²) < 4.78 is 5.93. The molecule has 2 nitrogen and oxygen atoms in total. The van der Waals surface area contributed by atoms with Crippen molar-refractivity contribution >= 4 is 5.97 Å². The van der Waals surface area contributed by atoms with Crippen LogP contribution in [0, 0.1) is 11.8 Å². The quantitative estimate of drug-likeness (QED) is 0.540. The topological polar surface area (TPSA) is 26.3 Å². The minimum Gasteiger partial charge on any atom is -0.459 e. The highest BCUT2D eigenvalue weighted by Crippen LogP contribution is 2.37. The van der Waals surface area contributed by atoms with Gasteiger partial charge in [-0.2, -0.15) is 0 Å². The normalized spacial score (nSPS) is 21.9. The molecular formula is C15H28O2. The predicted molar refractivity (Wildman–Crippen MR) is 70.8 cm³/mol. The van der Waals surface area contributed by atoms with E-state index in [-0.39, 0.29) is 17.5 Å². The zero-order valence-electron chi connectivity index (χ0n) is 11.9. The van der Waals surface area contributed by atoms with Gasteiger partial charge in [0.2, 0.25) is 0 Å². The van der Waals surface area contributed by atoms with Crippen molar-refractivity contribution in [2.75, 3.05) is 0 Å². The minimum absolute atomic E-state index is 0.00287. The smallest absolute Gasteiger partial charge is 0.309 e. The maximum absolute atomic E-state index is 12.0. The third-order valence-electron chi connectivity index (χ3n) is 4.32. The fraction of sp³-hybridized carbons (Fsp3) is 0.933. The molecule has 0 bridgehead atoms. The van der Waals surface area contributed by atoms with E-state index in [4.69, 9.17) is 4.74 Å². The zero-order chi connectivity index (χ0) is 12.9. The summed E-state index contributed by atoms with van der Waals surface area (Å²) in [6.45, 7) is 8.39. The number of esters is 1. The van der Waals surface area contributed by atoms with Crippen LogP contribution in [0.2, 0.25) is 0 Å². The summed E-state index contributed by atoms with van der Waals surface area (Å²) in [5.74, 6) is 0.464. The summed E-state index contributed by atoms with van der Waals surface area (Å²) in [5.41, 5.74) is -0.184. The average molecular weight is 240 g/mol. The number of ether oxygens (including phenoxy) is 1. The van der Waals surface area contributed by atoms with Crippen LogP contribution in [0.15, 0.2) is 0 Å². The van der Waals surface area contributed by atoms with Crippen LogP contribution in [-0.4, -0.2) is 11.6 Å². The molecule has 0 saturated heterocycles. The van der Waals surface area contributed by atoms with Gasteiger partial charge in [0.05, 0.1) is 5.92 Å². The van der Waals surface area contributed by atoms with Crippen LogP contribution in [-0.2, 0) is 9.53 Å². The van der Waals surface area contributed by atoms with Crippen molar-refractivity contribution in [2.45, 2.75) is 78.2 Å². The first-order valence-electron chi connectivity index (χ1n) is 7.24. The van der Waals surface area contributed by atoms with E-state index in [1.54, 1.807) is 0 Å². The molecule has 2 heteroatoms. The largest absolute Gasteiger partial charge is 0.459 e. The molecule has 1 unspecified atom stereocenters. The molecule has 1 atom stereocenters. The molecule has 0 radical (unpaired) electrons. The lowest BCUT2D eigenvalue weighted by Crippen LogP contribution is -2.41. The first-order chi connectivity index (χ1) is 8.02. The van der Waals surface area contributed by atoms with Gasteiger partial charge < -0.3 is 4.74 Å². The Labute approximate surface area is 106 Å². The van der Waals surface area contributed by atoms with Crippen LogP contribution in [0.5, 0.6) is 0 Å². The molecule has 0 amide bonds. The van der Waals surface area contributed by atoms with Gasteiger partial charge in [0.1, 0.15) is 5.60 Å². The minimum atomic E-state index is -0.184. The van der Waals surface area contributed by atoms with Crippen molar-refractivity contribution in [3.05, 3.63) is 0 Å². The Bertz CT molecular complexity index is 237. The van der Waals surface area contributed by atoms with Gasteiger partial charge in [-0.15, -0.1) is 0 Å². The first-order valence-corrected chi connectivity index (χ1v) is 7.24. The molecule has 0 aliphatic heterocycles. The van der Waals surface area contributed by atoms with Crippen molar-refractivity contribution in [1.82, 2.24) is 0 Å². The highest BCUT2D eigenvalue weighted by Gasteiger charge is 2.38. The fourth-order valence-electron chi connectivity index (χ4n) is 2.59. The summed E-state index contributed by atoms with van der Waals surface area (Å²) in [7, 11) is 0. The summed E-state index contributed by atoms with van der Waals surface area (Å²) in [6.07, 6.45) is 7.94. The monoisotopic (exact) mass is 240 g/mol. The summed E-state index contributed by atoms with van der Waals surface area (Å²) in [5, 5.41) is 0. The SMILES string of the molecule is CCC(C)C(=O)OC1(C(C)C)CCCCCC1. The van der Waals surface area contributed by atoms with Gasteiger partial charge in [-0.25, -0.2) is 0 Å². The highest BCUT2D eigenvalue weighted by molar-refractivity contribution is 5.72. The Morgan fingerprint density at radius 3 is 2.06 bits per heavy atom. The maximum Gasteiger partial charge on any atom is 0.309 e. The van der Waals surface area contributed by atoms with Gasteiger partial charge in [-0.1, -0.05) is 40.5 Å². The van der Waals surface area contributed by atoms with E-state index in [0.717, 1.165) is 19.3 Å². The fourth-order valence-corrected chi connectivity index (χ4v) is 2.59. The zero-order valence-corrected chi connectivity index (χ0v) is 11.9. The highest BCUT2D eigenvalue weighted by atomic mass is 16.6. The van der Waals surface area contributed by atoms with Gasteiger partial charge in [-0.05, 0) is 38.0 Å². The number of hydrogen-bond donors (Lipinski definition) is 0. The molecule has 17 heavy (non-hydrogen) atoms. The molecule has 0 aromatic rings. The molecule has 0 aromatic heterocycles. The van der Waals surface area contributed by atoms with Crippen molar-refractivity contribution in [3.8, 4) is 0 Å². The number of rotatable bonds is 4. The third-order valence-corrected chi connectivity index (χ3v) is 4.32. The van der Waals surface area contributed by atoms with E-state index in [9.17, 15) is 4.79 Å². The van der Waals surface area contributed by atoms with E-state index >= 15 is 0 Å². The van der Waals surface area contributed by atoms with Crippen LogP contribution in [0.4, 0.5) is 0 Å². The van der Waals surface area contributed by atoms with E-state index in [1.165, 1.54) is 25.7 Å². The predicted octanol–water partition coefficient (Wildman–Crippen LogP) is 4.32. The third kappa shape index (κ3) is 3.72. The molecule has 0 heterocycles. The number of carbonyl (C=O) groups excluding carboxylic acids is 1. The van der Waals surface area contributed by atoms with E-state index < -0.39 is 0 Å². The van der Waals surface area contributed by atoms with E-state index in [0.29, 0.717) is 5.92 Å². The van der Waals surface area contributed by atoms with Crippen LogP contribution >= 0.6 is 0 Å². The van der Waals surface area contributed by atoms with Gasteiger partial charge in [0.15, 0.2) is 0 Å². The lowest BCUT2D eigenvalue weighted by Gasteiger charge is -2.37. The molecule has 0 aromatic carbocycles. The summed E-state index contributed by atoms with van der Waals surface area (Å²) >= 11 is 0. The van der Waals surface area contributed by atoms with Crippen molar-refractivity contribution < 1.29 is 9.53 Å². The Kier molecular flexibility index (Phi) is 5.48. The molecule has 1 rings (SSSR count). The standard InChI is InChI=1S/C15H28O2/c1-5-13(4)14(16)17-15(12(2)3)10-8-6-7-9-11-15/h12-13H,5-11H2,1-4H3. The molecule has 1 aliphatic carbocycles.